The second-order valence-electron chi connectivity index (χ2n) is 5.53. The second-order valence-corrected chi connectivity index (χ2v) is 5.53. The number of likely N-dealkylation sites (N-methyl/N-ethyl adjacent to an activating group) is 1. The topological polar surface area (TPSA) is 44.8 Å². The predicted molar refractivity (Wildman–Crippen MR) is 88.1 cm³/mol. The minimum atomic E-state index is 0.213. The summed E-state index contributed by atoms with van der Waals surface area (Å²) in [6.07, 6.45) is 0. The number of hydrogen-bond donors (Lipinski definition) is 1. The van der Waals surface area contributed by atoms with Crippen molar-refractivity contribution in [3.8, 4) is 5.75 Å². The number of nitrogens with one attached hydrogen (secondary N) is 1. The predicted octanol–water partition coefficient (Wildman–Crippen LogP) is 1.51. The number of ether oxygens (including phenoxy) is 1. The first kappa shape index (κ1) is 16.8. The van der Waals surface area contributed by atoms with E-state index in [2.05, 4.69) is 22.3 Å². The van der Waals surface area contributed by atoms with Crippen LogP contribution in [0.15, 0.2) is 24.3 Å². The van der Waals surface area contributed by atoms with Crippen molar-refractivity contribution in [1.29, 1.82) is 0 Å². The van der Waals surface area contributed by atoms with E-state index in [4.69, 9.17) is 4.74 Å². The Kier molecular flexibility index (Phi) is 6.21. The van der Waals surface area contributed by atoms with E-state index in [-0.39, 0.29) is 11.9 Å². The van der Waals surface area contributed by atoms with Crippen LogP contribution in [-0.2, 0) is 4.79 Å². The zero-order chi connectivity index (χ0) is 15.9. The minimum absolute atomic E-state index is 0.213. The van der Waals surface area contributed by atoms with Crippen LogP contribution in [0.2, 0.25) is 0 Å². The van der Waals surface area contributed by atoms with Gasteiger partial charge in [0.1, 0.15) is 5.75 Å². The van der Waals surface area contributed by atoms with Gasteiger partial charge in [-0.3, -0.25) is 9.69 Å². The highest BCUT2D eigenvalue weighted by Crippen LogP contribution is 2.24. The van der Waals surface area contributed by atoms with Gasteiger partial charge in [0.2, 0.25) is 5.91 Å². The third kappa shape index (κ3) is 3.99. The Bertz CT molecular complexity index is 471. The van der Waals surface area contributed by atoms with Crippen LogP contribution in [0.5, 0.6) is 5.75 Å². The molecule has 0 radical (unpaired) electrons. The number of piperazine rings is 1. The van der Waals surface area contributed by atoms with Gasteiger partial charge >= 0.3 is 0 Å². The summed E-state index contributed by atoms with van der Waals surface area (Å²) >= 11 is 0. The molecule has 0 saturated carbocycles. The molecule has 1 saturated heterocycles. The monoisotopic (exact) mass is 305 g/mol. The van der Waals surface area contributed by atoms with E-state index in [0.717, 1.165) is 38.5 Å². The van der Waals surface area contributed by atoms with Gasteiger partial charge in [-0.1, -0.05) is 12.1 Å². The van der Waals surface area contributed by atoms with Crippen LogP contribution >= 0.6 is 0 Å². The lowest BCUT2D eigenvalue weighted by Crippen LogP contribution is -2.50. The van der Waals surface area contributed by atoms with Crippen molar-refractivity contribution in [3.63, 3.8) is 0 Å². The summed E-state index contributed by atoms with van der Waals surface area (Å²) < 4.78 is 5.22. The van der Waals surface area contributed by atoms with Crippen LogP contribution in [0.25, 0.3) is 0 Å². The van der Waals surface area contributed by atoms with Crippen molar-refractivity contribution in [2.24, 2.45) is 0 Å². The number of methoxy groups -OCH3 is 1. The van der Waals surface area contributed by atoms with Crippen molar-refractivity contribution in [2.75, 3.05) is 46.4 Å². The zero-order valence-corrected chi connectivity index (χ0v) is 13.8. The fourth-order valence-electron chi connectivity index (χ4n) is 2.94. The number of carbonyl (C=O) groups is 1. The van der Waals surface area contributed by atoms with E-state index < -0.39 is 0 Å². The summed E-state index contributed by atoms with van der Waals surface area (Å²) in [7, 11) is 1.67. The number of nitrogens with zero attached hydrogens (tertiary/aromatic N) is 2. The molecule has 0 bridgehead atoms. The van der Waals surface area contributed by atoms with Crippen LogP contribution in [0.3, 0.4) is 0 Å². The Morgan fingerprint density at radius 2 is 2.00 bits per heavy atom. The average Bonchev–Trinajstić information content (AvgIpc) is 2.56. The van der Waals surface area contributed by atoms with Crippen LogP contribution < -0.4 is 10.1 Å². The molecule has 1 atom stereocenters. The van der Waals surface area contributed by atoms with Gasteiger partial charge in [0.25, 0.3) is 0 Å². The lowest BCUT2D eigenvalue weighted by atomic mass is 10.0. The molecule has 1 heterocycles. The summed E-state index contributed by atoms with van der Waals surface area (Å²) in [4.78, 5) is 16.6. The number of carbonyl (C=O) groups excluding carboxylic acids is 1. The number of amides is 1. The first-order valence-corrected chi connectivity index (χ1v) is 8.06. The maximum Gasteiger partial charge on any atom is 0.236 e. The maximum absolute atomic E-state index is 12.4. The normalized spacial score (nSPS) is 19.0. The summed E-state index contributed by atoms with van der Waals surface area (Å²) in [5.41, 5.74) is 1.22. The molecule has 0 aromatic heterocycles. The Labute approximate surface area is 133 Å². The minimum Gasteiger partial charge on any atom is -0.497 e. The highest BCUT2D eigenvalue weighted by molar-refractivity contribution is 5.78. The van der Waals surface area contributed by atoms with Gasteiger partial charge in [-0.05, 0) is 31.5 Å². The Hall–Kier alpha value is -1.59. The van der Waals surface area contributed by atoms with E-state index in [0.29, 0.717) is 6.54 Å². The molecule has 1 aliphatic heterocycles. The Morgan fingerprint density at radius 3 is 2.59 bits per heavy atom. The first-order chi connectivity index (χ1) is 10.7. The van der Waals surface area contributed by atoms with E-state index in [1.807, 2.05) is 30.9 Å². The van der Waals surface area contributed by atoms with E-state index in [1.165, 1.54) is 5.56 Å². The molecular weight excluding hydrogens is 278 g/mol. The fraction of sp³-hybridized carbons (Fsp3) is 0.588. The standard InChI is InChI=1S/C17H27N3O2/c1-4-19(5-2)17(21)13-20-11-10-18-12-16(20)14-6-8-15(22-3)9-7-14/h6-9,16,18H,4-5,10-13H2,1-3H3/t16-/m0/s1. The third-order valence-corrected chi connectivity index (χ3v) is 4.31. The molecule has 5 nitrogen and oxygen atoms in total. The van der Waals surface area contributed by atoms with Crippen LogP contribution in [0.4, 0.5) is 0 Å². The van der Waals surface area contributed by atoms with Crippen LogP contribution in [-0.4, -0.2) is 62.1 Å². The third-order valence-electron chi connectivity index (χ3n) is 4.31. The lowest BCUT2D eigenvalue weighted by Gasteiger charge is -2.37. The van der Waals surface area contributed by atoms with Gasteiger partial charge in [-0.15, -0.1) is 0 Å². The molecule has 0 unspecified atom stereocenters. The van der Waals surface area contributed by atoms with Crippen LogP contribution in [0, 0.1) is 0 Å². The van der Waals surface area contributed by atoms with Crippen LogP contribution in [0.1, 0.15) is 25.5 Å². The second kappa shape index (κ2) is 8.15. The first-order valence-electron chi connectivity index (χ1n) is 8.06. The smallest absolute Gasteiger partial charge is 0.236 e. The van der Waals surface area contributed by atoms with E-state index in [1.54, 1.807) is 7.11 Å². The largest absolute Gasteiger partial charge is 0.497 e. The van der Waals surface area contributed by atoms with Crippen molar-refractivity contribution >= 4 is 5.91 Å². The summed E-state index contributed by atoms with van der Waals surface area (Å²) in [5, 5.41) is 3.42. The van der Waals surface area contributed by atoms with Gasteiger partial charge in [-0.2, -0.15) is 0 Å². The van der Waals surface area contributed by atoms with Crippen molar-refractivity contribution in [2.45, 2.75) is 19.9 Å². The van der Waals surface area contributed by atoms with Gasteiger partial charge in [0.05, 0.1) is 13.7 Å². The van der Waals surface area contributed by atoms with Gasteiger partial charge < -0.3 is 15.0 Å². The van der Waals surface area contributed by atoms with E-state index in [9.17, 15) is 4.79 Å². The lowest BCUT2D eigenvalue weighted by molar-refractivity contribution is -0.132. The molecular formula is C17H27N3O2. The summed E-state index contributed by atoms with van der Waals surface area (Å²) in [6, 6.07) is 8.37. The fourth-order valence-corrected chi connectivity index (χ4v) is 2.94. The summed E-state index contributed by atoms with van der Waals surface area (Å²) in [5.74, 6) is 1.07. The van der Waals surface area contributed by atoms with Gasteiger partial charge in [-0.25, -0.2) is 0 Å². The quantitative estimate of drug-likeness (QED) is 0.865. The van der Waals surface area contributed by atoms with Gasteiger partial charge in [0.15, 0.2) is 0 Å². The maximum atomic E-state index is 12.4. The molecule has 0 aliphatic carbocycles. The van der Waals surface area contributed by atoms with E-state index >= 15 is 0 Å². The van der Waals surface area contributed by atoms with Crippen molar-refractivity contribution in [1.82, 2.24) is 15.1 Å². The highest BCUT2D eigenvalue weighted by atomic mass is 16.5. The molecule has 2 rings (SSSR count). The molecule has 1 amide bonds. The molecule has 1 fully saturated rings. The number of hydrogen-bond acceptors (Lipinski definition) is 4. The van der Waals surface area contributed by atoms with Crippen molar-refractivity contribution < 1.29 is 9.53 Å². The average molecular weight is 305 g/mol. The SMILES string of the molecule is CCN(CC)C(=O)CN1CCNC[C@H]1c1ccc(OC)cc1. The molecule has 22 heavy (non-hydrogen) atoms. The van der Waals surface area contributed by atoms with Gasteiger partial charge in [0, 0.05) is 38.8 Å². The molecule has 1 aliphatic rings. The molecule has 0 spiro atoms. The molecule has 1 aromatic rings. The Morgan fingerprint density at radius 1 is 1.32 bits per heavy atom. The number of rotatable bonds is 6. The highest BCUT2D eigenvalue weighted by Gasteiger charge is 2.26. The Balaban J connectivity index is 2.08. The molecule has 1 aromatic carbocycles. The number of benzene rings is 1. The zero-order valence-electron chi connectivity index (χ0n) is 13.8. The molecule has 122 valence electrons. The van der Waals surface area contributed by atoms with Crippen molar-refractivity contribution in [3.05, 3.63) is 29.8 Å². The molecule has 1 N–H and O–H groups in total. The molecule has 5 heteroatoms. The summed E-state index contributed by atoms with van der Waals surface area (Å²) in [6.45, 7) is 8.78.